The first kappa shape index (κ1) is 11.5. The highest BCUT2D eigenvalue weighted by molar-refractivity contribution is 9.10. The molecule has 0 aliphatic carbocycles. The molecular formula is C8H9BrF2N2O. The second-order valence-electron chi connectivity index (χ2n) is 2.62. The Labute approximate surface area is 88.1 Å². The quantitative estimate of drug-likeness (QED) is 0.876. The first-order valence-corrected chi connectivity index (χ1v) is 4.66. The molecule has 3 nitrogen and oxygen atoms in total. The summed E-state index contributed by atoms with van der Waals surface area (Å²) in [6, 6.07) is 0. The Hall–Kier alpha value is -0.590. The first-order valence-electron chi connectivity index (χ1n) is 3.87. The molecule has 1 heterocycles. The van der Waals surface area contributed by atoms with Crippen LogP contribution in [0.25, 0.3) is 0 Å². The molecule has 0 aliphatic heterocycles. The van der Waals surface area contributed by atoms with E-state index in [-0.39, 0.29) is 23.3 Å². The third-order valence-electron chi connectivity index (χ3n) is 1.82. The number of aliphatic hydroxyl groups excluding tert-OH is 1. The topological polar surface area (TPSA) is 59.1 Å². The zero-order valence-electron chi connectivity index (χ0n) is 7.17. The highest BCUT2D eigenvalue weighted by Crippen LogP contribution is 2.29. The third kappa shape index (κ3) is 2.08. The van der Waals surface area contributed by atoms with Crippen molar-refractivity contribution in [3.05, 3.63) is 27.5 Å². The van der Waals surface area contributed by atoms with E-state index in [1.165, 1.54) is 6.20 Å². The van der Waals surface area contributed by atoms with Gasteiger partial charge in [0, 0.05) is 22.8 Å². The van der Waals surface area contributed by atoms with Gasteiger partial charge in [-0.2, -0.15) is 0 Å². The van der Waals surface area contributed by atoms with Crippen LogP contribution in [-0.2, 0) is 13.2 Å². The molecule has 0 unspecified atom stereocenters. The molecule has 0 aliphatic rings. The smallest absolute Gasteiger partial charge is 0.281 e. The molecule has 0 aromatic carbocycles. The number of alkyl halides is 2. The number of nitrogens with two attached hydrogens (primary N) is 1. The van der Waals surface area contributed by atoms with Crippen molar-refractivity contribution in [2.45, 2.75) is 19.6 Å². The van der Waals surface area contributed by atoms with Crippen LogP contribution in [0.2, 0.25) is 0 Å². The Balaban J connectivity index is 3.27. The van der Waals surface area contributed by atoms with Crippen LogP contribution in [-0.4, -0.2) is 10.1 Å². The molecule has 0 bridgehead atoms. The molecule has 0 saturated carbocycles. The monoisotopic (exact) mass is 266 g/mol. The van der Waals surface area contributed by atoms with Crippen molar-refractivity contribution in [1.29, 1.82) is 0 Å². The number of nitrogens with zero attached hydrogens (tertiary/aromatic N) is 1. The van der Waals surface area contributed by atoms with Gasteiger partial charge in [-0.25, -0.2) is 8.78 Å². The maximum Gasteiger partial charge on any atom is 0.281 e. The lowest BCUT2D eigenvalue weighted by Crippen LogP contribution is -2.07. The van der Waals surface area contributed by atoms with Crippen LogP contribution >= 0.6 is 15.9 Å². The summed E-state index contributed by atoms with van der Waals surface area (Å²) in [6.45, 7) is -0.180. The van der Waals surface area contributed by atoms with Gasteiger partial charge in [0.2, 0.25) is 0 Å². The van der Waals surface area contributed by atoms with Gasteiger partial charge in [0.15, 0.2) is 0 Å². The van der Waals surface area contributed by atoms with Crippen LogP contribution < -0.4 is 5.73 Å². The third-order valence-corrected chi connectivity index (χ3v) is 2.70. The molecule has 1 aromatic heterocycles. The SMILES string of the molecule is NCc1c(CO)cnc(C(F)F)c1Br. The maximum absolute atomic E-state index is 12.4. The molecule has 0 spiro atoms. The van der Waals surface area contributed by atoms with Gasteiger partial charge in [-0.15, -0.1) is 0 Å². The molecular weight excluding hydrogens is 258 g/mol. The number of rotatable bonds is 3. The van der Waals surface area contributed by atoms with E-state index >= 15 is 0 Å². The average Bonchev–Trinajstić information content (AvgIpc) is 2.16. The van der Waals surface area contributed by atoms with E-state index in [9.17, 15) is 8.78 Å². The zero-order chi connectivity index (χ0) is 10.7. The van der Waals surface area contributed by atoms with Crippen molar-refractivity contribution < 1.29 is 13.9 Å². The van der Waals surface area contributed by atoms with Crippen molar-refractivity contribution in [2.24, 2.45) is 5.73 Å². The summed E-state index contributed by atoms with van der Waals surface area (Å²) in [4.78, 5) is 3.54. The molecule has 0 fully saturated rings. The van der Waals surface area contributed by atoms with Crippen molar-refractivity contribution >= 4 is 15.9 Å². The molecule has 6 heteroatoms. The van der Waals surface area contributed by atoms with Crippen LogP contribution in [0.15, 0.2) is 10.7 Å². The van der Waals surface area contributed by atoms with Crippen LogP contribution in [0.4, 0.5) is 8.78 Å². The van der Waals surface area contributed by atoms with Gasteiger partial charge in [-0.05, 0) is 21.5 Å². The minimum atomic E-state index is -2.65. The van der Waals surface area contributed by atoms with Gasteiger partial charge >= 0.3 is 0 Å². The zero-order valence-corrected chi connectivity index (χ0v) is 8.76. The van der Waals surface area contributed by atoms with Gasteiger partial charge in [0.1, 0.15) is 5.69 Å². The number of pyridine rings is 1. The van der Waals surface area contributed by atoms with Crippen LogP contribution in [0.5, 0.6) is 0 Å². The van der Waals surface area contributed by atoms with Crippen LogP contribution in [0.1, 0.15) is 23.2 Å². The lowest BCUT2D eigenvalue weighted by molar-refractivity contribution is 0.145. The van der Waals surface area contributed by atoms with Gasteiger partial charge < -0.3 is 10.8 Å². The molecule has 14 heavy (non-hydrogen) atoms. The van der Waals surface area contributed by atoms with Gasteiger partial charge in [0.25, 0.3) is 6.43 Å². The van der Waals surface area contributed by atoms with Crippen LogP contribution in [0, 0.1) is 0 Å². The van der Waals surface area contributed by atoms with E-state index < -0.39 is 6.43 Å². The van der Waals surface area contributed by atoms with Gasteiger partial charge in [-0.1, -0.05) is 0 Å². The maximum atomic E-state index is 12.4. The second-order valence-corrected chi connectivity index (χ2v) is 3.42. The van der Waals surface area contributed by atoms with Crippen molar-refractivity contribution in [3.63, 3.8) is 0 Å². The normalized spacial score (nSPS) is 11.0. The minimum Gasteiger partial charge on any atom is -0.392 e. The Bertz CT molecular complexity index is 333. The molecule has 0 amide bonds. The molecule has 1 aromatic rings. The Morgan fingerprint density at radius 1 is 1.57 bits per heavy atom. The summed E-state index contributed by atoms with van der Waals surface area (Å²) in [7, 11) is 0. The molecule has 3 N–H and O–H groups in total. The van der Waals surface area contributed by atoms with E-state index in [4.69, 9.17) is 10.8 Å². The minimum absolute atomic E-state index is 0.0821. The van der Waals surface area contributed by atoms with Crippen molar-refractivity contribution in [3.8, 4) is 0 Å². The fraction of sp³-hybridized carbons (Fsp3) is 0.375. The van der Waals surface area contributed by atoms with E-state index in [0.29, 0.717) is 11.1 Å². The Morgan fingerprint density at radius 3 is 2.64 bits per heavy atom. The van der Waals surface area contributed by atoms with Gasteiger partial charge in [-0.3, -0.25) is 4.98 Å². The highest BCUT2D eigenvalue weighted by Gasteiger charge is 2.17. The largest absolute Gasteiger partial charge is 0.392 e. The molecule has 0 atom stereocenters. The predicted octanol–water partition coefficient (Wildman–Crippen LogP) is 1.73. The number of hydrogen-bond donors (Lipinski definition) is 2. The van der Waals surface area contributed by atoms with Crippen LogP contribution in [0.3, 0.4) is 0 Å². The molecule has 0 saturated heterocycles. The summed E-state index contributed by atoms with van der Waals surface area (Å²) in [5.74, 6) is 0. The molecule has 1 rings (SSSR count). The summed E-state index contributed by atoms with van der Waals surface area (Å²) >= 11 is 3.00. The Kier molecular flexibility index (Phi) is 3.91. The predicted molar refractivity (Wildman–Crippen MR) is 50.7 cm³/mol. The van der Waals surface area contributed by atoms with E-state index in [1.54, 1.807) is 0 Å². The van der Waals surface area contributed by atoms with Crippen molar-refractivity contribution in [2.75, 3.05) is 0 Å². The second kappa shape index (κ2) is 4.77. The van der Waals surface area contributed by atoms with E-state index in [0.717, 1.165) is 0 Å². The molecule has 0 radical (unpaired) electrons. The average molecular weight is 267 g/mol. The fourth-order valence-electron chi connectivity index (χ4n) is 1.09. The standard InChI is InChI=1S/C8H9BrF2N2O/c9-6-5(1-12)4(3-14)2-13-7(6)8(10)11/h2,8,14H,1,3,12H2. The van der Waals surface area contributed by atoms with Crippen molar-refractivity contribution in [1.82, 2.24) is 4.98 Å². The summed E-state index contributed by atoms with van der Waals surface area (Å²) in [6.07, 6.45) is -1.43. The summed E-state index contributed by atoms with van der Waals surface area (Å²) in [5.41, 5.74) is 5.97. The lowest BCUT2D eigenvalue weighted by Gasteiger charge is -2.10. The Morgan fingerprint density at radius 2 is 2.21 bits per heavy atom. The number of hydrogen-bond acceptors (Lipinski definition) is 3. The summed E-state index contributed by atoms with van der Waals surface area (Å²) in [5, 5.41) is 8.90. The number of halogens is 3. The first-order chi connectivity index (χ1) is 6.61. The van der Waals surface area contributed by atoms with E-state index in [2.05, 4.69) is 20.9 Å². The lowest BCUT2D eigenvalue weighted by atomic mass is 10.1. The summed E-state index contributed by atoms with van der Waals surface area (Å²) < 4.78 is 25.0. The highest BCUT2D eigenvalue weighted by atomic mass is 79.9. The molecule has 78 valence electrons. The number of aliphatic hydroxyl groups is 1. The fourth-order valence-corrected chi connectivity index (χ4v) is 1.78. The number of aromatic nitrogens is 1. The van der Waals surface area contributed by atoms with Gasteiger partial charge in [0.05, 0.1) is 6.61 Å². The van der Waals surface area contributed by atoms with E-state index in [1.807, 2.05) is 0 Å².